The molecule has 1 aliphatic heterocycles. The predicted octanol–water partition coefficient (Wildman–Crippen LogP) is 2.55. The summed E-state index contributed by atoms with van der Waals surface area (Å²) in [6.45, 7) is 5.67. The van der Waals surface area contributed by atoms with Crippen LogP contribution in [0.15, 0.2) is 30.3 Å². The lowest BCUT2D eigenvalue weighted by Crippen LogP contribution is -2.24. The molecule has 1 aromatic carbocycles. The highest BCUT2D eigenvalue weighted by Crippen LogP contribution is 2.20. The van der Waals surface area contributed by atoms with Crippen molar-refractivity contribution < 1.29 is 14.7 Å². The second kappa shape index (κ2) is 10.3. The Morgan fingerprint density at radius 1 is 1.21 bits per heavy atom. The molecule has 1 aliphatic rings. The molecule has 2 rings (SSSR count). The van der Waals surface area contributed by atoms with Crippen LogP contribution in [0.2, 0.25) is 0 Å². The Morgan fingerprint density at radius 3 is 1.95 bits per heavy atom. The number of aldehydes is 1. The van der Waals surface area contributed by atoms with Crippen LogP contribution in [0, 0.1) is 5.92 Å². The fraction of sp³-hybridized carbons (Fsp3) is 0.467. The van der Waals surface area contributed by atoms with Crippen molar-refractivity contribution in [1.29, 1.82) is 0 Å². The molecule has 0 bridgehead atoms. The third-order valence-corrected chi connectivity index (χ3v) is 3.39. The first-order valence-electron chi connectivity index (χ1n) is 6.35. The minimum Gasteiger partial charge on any atom is -0.483 e. The molecule has 0 spiro atoms. The topological polar surface area (TPSA) is 57.6 Å². The van der Waals surface area contributed by atoms with E-state index in [9.17, 15) is 4.79 Å². The Hall–Kier alpha value is -1.68. The number of benzene rings is 1. The molecule has 0 aliphatic carbocycles. The van der Waals surface area contributed by atoms with Gasteiger partial charge < -0.3 is 10.0 Å². The van der Waals surface area contributed by atoms with Gasteiger partial charge in [-0.2, -0.15) is 0 Å². The third-order valence-electron chi connectivity index (χ3n) is 3.39. The van der Waals surface area contributed by atoms with Crippen molar-refractivity contribution in [3.8, 4) is 0 Å². The van der Waals surface area contributed by atoms with E-state index >= 15 is 0 Å². The summed E-state index contributed by atoms with van der Waals surface area (Å²) in [5, 5.41) is 6.89. The average molecular weight is 265 g/mol. The van der Waals surface area contributed by atoms with Crippen LogP contribution in [-0.4, -0.2) is 42.4 Å². The molecule has 0 amide bonds. The summed E-state index contributed by atoms with van der Waals surface area (Å²) in [6.07, 6.45) is 2.22. The minimum atomic E-state index is -0.250. The number of rotatable bonds is 1. The molecule has 1 fully saturated rings. The van der Waals surface area contributed by atoms with Crippen molar-refractivity contribution in [2.75, 3.05) is 13.6 Å². The van der Waals surface area contributed by atoms with Crippen molar-refractivity contribution in [3.63, 3.8) is 0 Å². The van der Waals surface area contributed by atoms with Gasteiger partial charge in [-0.3, -0.25) is 9.59 Å². The molecular weight excluding hydrogens is 242 g/mol. The first-order valence-corrected chi connectivity index (χ1v) is 6.35. The summed E-state index contributed by atoms with van der Waals surface area (Å²) in [5.41, 5.74) is 0.729. The Morgan fingerprint density at radius 2 is 1.74 bits per heavy atom. The van der Waals surface area contributed by atoms with E-state index in [2.05, 4.69) is 25.8 Å². The van der Waals surface area contributed by atoms with Gasteiger partial charge in [0.1, 0.15) is 6.29 Å². The zero-order chi connectivity index (χ0) is 14.7. The van der Waals surface area contributed by atoms with Crippen LogP contribution in [0.4, 0.5) is 0 Å². The van der Waals surface area contributed by atoms with Crippen molar-refractivity contribution in [2.45, 2.75) is 26.3 Å². The molecule has 2 atom stereocenters. The summed E-state index contributed by atoms with van der Waals surface area (Å²) >= 11 is 0. The monoisotopic (exact) mass is 265 g/mol. The SMILES string of the molecule is C[C@H]1CCN(C)[C@H]1C.O=CO.O=Cc1ccccc1. The number of carboxylic acid groups (broad SMARTS) is 1. The molecule has 106 valence electrons. The van der Waals surface area contributed by atoms with Gasteiger partial charge in [0.2, 0.25) is 0 Å². The van der Waals surface area contributed by atoms with Gasteiger partial charge in [0.25, 0.3) is 6.47 Å². The van der Waals surface area contributed by atoms with E-state index in [1.54, 1.807) is 12.1 Å². The molecule has 1 heterocycles. The van der Waals surface area contributed by atoms with Gasteiger partial charge in [-0.15, -0.1) is 0 Å². The zero-order valence-electron chi connectivity index (χ0n) is 11.8. The predicted molar refractivity (Wildman–Crippen MR) is 76.4 cm³/mol. The summed E-state index contributed by atoms with van der Waals surface area (Å²) < 4.78 is 0. The van der Waals surface area contributed by atoms with E-state index in [1.165, 1.54) is 13.0 Å². The van der Waals surface area contributed by atoms with Crippen molar-refractivity contribution in [2.24, 2.45) is 5.92 Å². The maximum atomic E-state index is 10.0. The van der Waals surface area contributed by atoms with Crippen molar-refractivity contribution >= 4 is 12.8 Å². The van der Waals surface area contributed by atoms with Gasteiger partial charge in [-0.1, -0.05) is 37.3 Å². The Kier molecular flexibility index (Phi) is 9.35. The Labute approximate surface area is 115 Å². The van der Waals surface area contributed by atoms with E-state index < -0.39 is 0 Å². The normalized spacial score (nSPS) is 21.4. The summed E-state index contributed by atoms with van der Waals surface area (Å²) in [6, 6.07) is 9.91. The largest absolute Gasteiger partial charge is 0.483 e. The second-order valence-electron chi connectivity index (χ2n) is 4.62. The number of likely N-dealkylation sites (tertiary alicyclic amines) is 1. The highest BCUT2D eigenvalue weighted by atomic mass is 16.3. The number of carbonyl (C=O) groups excluding carboxylic acids is 1. The maximum Gasteiger partial charge on any atom is 0.290 e. The van der Waals surface area contributed by atoms with Gasteiger partial charge >= 0.3 is 0 Å². The smallest absolute Gasteiger partial charge is 0.290 e. The van der Waals surface area contributed by atoms with E-state index in [0.717, 1.165) is 23.8 Å². The number of nitrogens with zero attached hydrogens (tertiary/aromatic N) is 1. The molecule has 19 heavy (non-hydrogen) atoms. The van der Waals surface area contributed by atoms with Crippen LogP contribution in [0.25, 0.3) is 0 Å². The lowest BCUT2D eigenvalue weighted by molar-refractivity contribution is -0.122. The van der Waals surface area contributed by atoms with Gasteiger partial charge in [-0.25, -0.2) is 0 Å². The second-order valence-corrected chi connectivity index (χ2v) is 4.62. The van der Waals surface area contributed by atoms with Gasteiger partial charge in [-0.05, 0) is 32.9 Å². The lowest BCUT2D eigenvalue weighted by Gasteiger charge is -2.16. The molecular formula is C15H23NO3. The highest BCUT2D eigenvalue weighted by molar-refractivity contribution is 5.74. The maximum absolute atomic E-state index is 10.0. The van der Waals surface area contributed by atoms with E-state index in [0.29, 0.717) is 0 Å². The summed E-state index contributed by atoms with van der Waals surface area (Å²) in [7, 11) is 2.20. The zero-order valence-corrected chi connectivity index (χ0v) is 11.8. The molecule has 4 heteroatoms. The quantitative estimate of drug-likeness (QED) is 0.793. The number of hydrogen-bond acceptors (Lipinski definition) is 3. The molecule has 0 unspecified atom stereocenters. The summed E-state index contributed by atoms with van der Waals surface area (Å²) in [5.74, 6) is 0.917. The third kappa shape index (κ3) is 7.36. The first-order chi connectivity index (χ1) is 9.06. The standard InChI is InChI=1S/C7H15N.C7H6O.CH2O2/c1-6-4-5-8(3)7(6)2;8-6-7-4-2-1-3-5-7;2-1-3/h6-7H,4-5H2,1-3H3;1-6H;1H,(H,2,3)/t6-,7-;;/m0../s1. The van der Waals surface area contributed by atoms with E-state index in [1.807, 2.05) is 18.2 Å². The summed E-state index contributed by atoms with van der Waals surface area (Å²) in [4.78, 5) is 20.8. The highest BCUT2D eigenvalue weighted by Gasteiger charge is 2.23. The van der Waals surface area contributed by atoms with E-state index in [-0.39, 0.29) is 6.47 Å². The number of hydrogen-bond donors (Lipinski definition) is 1. The molecule has 0 radical (unpaired) electrons. The Balaban J connectivity index is 0.000000284. The fourth-order valence-corrected chi connectivity index (χ4v) is 1.82. The fourth-order valence-electron chi connectivity index (χ4n) is 1.82. The van der Waals surface area contributed by atoms with Crippen LogP contribution in [0.3, 0.4) is 0 Å². The lowest BCUT2D eigenvalue weighted by atomic mass is 10.1. The van der Waals surface area contributed by atoms with Crippen LogP contribution >= 0.6 is 0 Å². The first kappa shape index (κ1) is 17.3. The van der Waals surface area contributed by atoms with Crippen LogP contribution in [-0.2, 0) is 4.79 Å². The Bertz CT molecular complexity index is 344. The number of carbonyl (C=O) groups is 2. The average Bonchev–Trinajstić information content (AvgIpc) is 2.73. The van der Waals surface area contributed by atoms with Gasteiger partial charge in [0, 0.05) is 11.6 Å². The van der Waals surface area contributed by atoms with Crippen molar-refractivity contribution in [3.05, 3.63) is 35.9 Å². The molecule has 0 saturated carbocycles. The van der Waals surface area contributed by atoms with Gasteiger partial charge in [0.05, 0.1) is 0 Å². The van der Waals surface area contributed by atoms with Crippen LogP contribution in [0.5, 0.6) is 0 Å². The van der Waals surface area contributed by atoms with Crippen LogP contribution in [0.1, 0.15) is 30.6 Å². The van der Waals surface area contributed by atoms with Gasteiger partial charge in [0.15, 0.2) is 0 Å². The van der Waals surface area contributed by atoms with E-state index in [4.69, 9.17) is 9.90 Å². The molecule has 1 aromatic rings. The molecule has 0 aromatic heterocycles. The molecule has 4 nitrogen and oxygen atoms in total. The molecule has 1 N–H and O–H groups in total. The van der Waals surface area contributed by atoms with Crippen molar-refractivity contribution in [1.82, 2.24) is 4.90 Å². The minimum absolute atomic E-state index is 0.250. The van der Waals surface area contributed by atoms with Crippen LogP contribution < -0.4 is 0 Å². The molecule has 1 saturated heterocycles.